The summed E-state index contributed by atoms with van der Waals surface area (Å²) in [5, 5.41) is 7.23. The van der Waals surface area contributed by atoms with Gasteiger partial charge in [0.05, 0.1) is 0 Å². The lowest BCUT2D eigenvalue weighted by atomic mass is 9.97. The van der Waals surface area contributed by atoms with Crippen molar-refractivity contribution in [2.75, 3.05) is 0 Å². The molecule has 0 bridgehead atoms. The lowest BCUT2D eigenvalue weighted by Gasteiger charge is -2.11. The molecule has 0 aliphatic heterocycles. The van der Waals surface area contributed by atoms with Crippen molar-refractivity contribution in [3.05, 3.63) is 200 Å². The zero-order chi connectivity index (χ0) is 35.8. The van der Waals surface area contributed by atoms with Crippen LogP contribution in [-0.4, -0.2) is 15.0 Å². The van der Waals surface area contributed by atoms with Crippen molar-refractivity contribution in [2.24, 2.45) is 0 Å². The van der Waals surface area contributed by atoms with Gasteiger partial charge in [0.1, 0.15) is 0 Å². The van der Waals surface area contributed by atoms with Gasteiger partial charge in [-0.25, -0.2) is 15.0 Å². The smallest absolute Gasteiger partial charge is 0.164 e. The predicted octanol–water partition coefficient (Wildman–Crippen LogP) is 13.3. The monoisotopic (exact) mass is 687 g/mol. The Labute approximate surface area is 313 Å². The summed E-state index contributed by atoms with van der Waals surface area (Å²) in [7, 11) is 0. The summed E-state index contributed by atoms with van der Waals surface area (Å²) >= 11 is 0. The summed E-state index contributed by atoms with van der Waals surface area (Å²) in [6, 6.07) is 70.7. The van der Waals surface area contributed by atoms with E-state index in [1.807, 2.05) is 6.07 Å². The van der Waals surface area contributed by atoms with Crippen LogP contribution in [0.5, 0.6) is 0 Å². The lowest BCUT2D eigenvalue weighted by molar-refractivity contribution is 1.07. The second-order valence-electron chi connectivity index (χ2n) is 13.7. The highest BCUT2D eigenvalue weighted by molar-refractivity contribution is 6.08. The van der Waals surface area contributed by atoms with Gasteiger partial charge in [-0.2, -0.15) is 0 Å². The molecule has 0 spiro atoms. The second kappa shape index (κ2) is 13.4. The summed E-state index contributed by atoms with van der Waals surface area (Å²) in [5.41, 5.74) is 9.83. The highest BCUT2D eigenvalue weighted by Gasteiger charge is 2.15. The Hall–Kier alpha value is -7.23. The van der Waals surface area contributed by atoms with Crippen molar-refractivity contribution in [3.63, 3.8) is 0 Å². The highest BCUT2D eigenvalue weighted by Crippen LogP contribution is 2.34. The standard InChI is InChI=1S/C51H33N3/c1-3-10-34(11-4-1)36-18-21-38(22-19-36)49-52-50(54-51(53-49)46-28-29-48-44(33-46)27-20-37-14-7-8-17-47(37)48)45-16-9-15-39(32-45)41-25-26-42-30-40(23-24-43(42)31-41)35-12-5-2-6-13-35/h1-33H. The van der Waals surface area contributed by atoms with Crippen LogP contribution in [-0.2, 0) is 0 Å². The quantitative estimate of drug-likeness (QED) is 0.163. The SMILES string of the molecule is c1ccc(-c2ccc(-c3nc(-c4cccc(-c5ccc6cc(-c7ccccc7)ccc6c5)c4)nc(-c4ccc5c(ccc6ccccc65)c4)n3)cc2)cc1. The Morgan fingerprint density at radius 3 is 1.30 bits per heavy atom. The van der Waals surface area contributed by atoms with Crippen molar-refractivity contribution in [1.82, 2.24) is 15.0 Å². The molecule has 3 nitrogen and oxygen atoms in total. The zero-order valence-corrected chi connectivity index (χ0v) is 29.4. The highest BCUT2D eigenvalue weighted by atomic mass is 15.0. The van der Waals surface area contributed by atoms with E-state index in [-0.39, 0.29) is 0 Å². The molecular formula is C51H33N3. The van der Waals surface area contributed by atoms with Gasteiger partial charge in [0, 0.05) is 16.7 Å². The van der Waals surface area contributed by atoms with Gasteiger partial charge in [-0.05, 0) is 90.0 Å². The molecule has 0 radical (unpaired) electrons. The molecule has 54 heavy (non-hydrogen) atoms. The maximum absolute atomic E-state index is 5.13. The largest absolute Gasteiger partial charge is 0.208 e. The molecule has 0 N–H and O–H groups in total. The van der Waals surface area contributed by atoms with Gasteiger partial charge in [-0.15, -0.1) is 0 Å². The van der Waals surface area contributed by atoms with Gasteiger partial charge in [-0.3, -0.25) is 0 Å². The van der Waals surface area contributed by atoms with Gasteiger partial charge in [0.2, 0.25) is 0 Å². The molecule has 9 aromatic carbocycles. The zero-order valence-electron chi connectivity index (χ0n) is 29.4. The molecule has 0 aliphatic rings. The van der Waals surface area contributed by atoms with Crippen molar-refractivity contribution in [3.8, 4) is 67.5 Å². The molecule has 10 rings (SSSR count). The number of hydrogen-bond acceptors (Lipinski definition) is 3. The van der Waals surface area contributed by atoms with Crippen LogP contribution in [0.25, 0.3) is 99.9 Å². The molecule has 0 saturated heterocycles. The number of fused-ring (bicyclic) bond motifs is 4. The maximum atomic E-state index is 5.13. The fraction of sp³-hybridized carbons (Fsp3) is 0. The minimum absolute atomic E-state index is 0.635. The maximum Gasteiger partial charge on any atom is 0.164 e. The molecule has 0 unspecified atom stereocenters. The van der Waals surface area contributed by atoms with Crippen molar-refractivity contribution in [1.29, 1.82) is 0 Å². The van der Waals surface area contributed by atoms with E-state index in [9.17, 15) is 0 Å². The van der Waals surface area contributed by atoms with Crippen LogP contribution in [0.2, 0.25) is 0 Å². The third-order valence-corrected chi connectivity index (χ3v) is 10.3. The molecule has 10 aromatic rings. The number of rotatable bonds is 6. The van der Waals surface area contributed by atoms with Gasteiger partial charge in [0.25, 0.3) is 0 Å². The van der Waals surface area contributed by atoms with E-state index in [1.165, 1.54) is 43.6 Å². The van der Waals surface area contributed by atoms with Crippen molar-refractivity contribution >= 4 is 32.3 Å². The summed E-state index contributed by atoms with van der Waals surface area (Å²) in [5.74, 6) is 1.91. The second-order valence-corrected chi connectivity index (χ2v) is 13.7. The molecule has 0 fully saturated rings. The normalized spacial score (nSPS) is 11.3. The molecule has 0 atom stereocenters. The van der Waals surface area contributed by atoms with E-state index in [2.05, 4.69) is 194 Å². The molecule has 3 heteroatoms. The van der Waals surface area contributed by atoms with E-state index in [0.717, 1.165) is 38.8 Å². The van der Waals surface area contributed by atoms with Crippen LogP contribution < -0.4 is 0 Å². The van der Waals surface area contributed by atoms with Crippen LogP contribution in [0.1, 0.15) is 0 Å². The Kier molecular flexibility index (Phi) is 7.81. The summed E-state index contributed by atoms with van der Waals surface area (Å²) in [4.78, 5) is 15.3. The van der Waals surface area contributed by atoms with Gasteiger partial charge >= 0.3 is 0 Å². The third-order valence-electron chi connectivity index (χ3n) is 10.3. The molecule has 1 aromatic heterocycles. The number of nitrogens with zero attached hydrogens (tertiary/aromatic N) is 3. The summed E-state index contributed by atoms with van der Waals surface area (Å²) < 4.78 is 0. The van der Waals surface area contributed by atoms with Crippen LogP contribution >= 0.6 is 0 Å². The Bertz CT molecular complexity index is 2970. The van der Waals surface area contributed by atoms with E-state index < -0.39 is 0 Å². The molecule has 1 heterocycles. The van der Waals surface area contributed by atoms with E-state index in [0.29, 0.717) is 17.5 Å². The molecule has 0 aliphatic carbocycles. The minimum atomic E-state index is 0.635. The fourth-order valence-corrected chi connectivity index (χ4v) is 7.43. The van der Waals surface area contributed by atoms with E-state index in [1.54, 1.807) is 0 Å². The van der Waals surface area contributed by atoms with Crippen molar-refractivity contribution in [2.45, 2.75) is 0 Å². The van der Waals surface area contributed by atoms with E-state index >= 15 is 0 Å². The molecule has 252 valence electrons. The van der Waals surface area contributed by atoms with Gasteiger partial charge in [-0.1, -0.05) is 176 Å². The topological polar surface area (TPSA) is 38.7 Å². The molecule has 0 amide bonds. The number of aromatic nitrogens is 3. The molecular weight excluding hydrogens is 655 g/mol. The van der Waals surface area contributed by atoms with Crippen LogP contribution in [0, 0.1) is 0 Å². The lowest BCUT2D eigenvalue weighted by Crippen LogP contribution is -2.00. The first kappa shape index (κ1) is 31.5. The average molecular weight is 688 g/mol. The first-order chi connectivity index (χ1) is 26.7. The van der Waals surface area contributed by atoms with Crippen LogP contribution in [0.4, 0.5) is 0 Å². The van der Waals surface area contributed by atoms with Crippen molar-refractivity contribution < 1.29 is 0 Å². The Balaban J connectivity index is 1.06. The number of benzene rings is 9. The van der Waals surface area contributed by atoms with Gasteiger partial charge < -0.3 is 0 Å². The van der Waals surface area contributed by atoms with Gasteiger partial charge in [0.15, 0.2) is 17.5 Å². The first-order valence-corrected chi connectivity index (χ1v) is 18.3. The average Bonchev–Trinajstić information content (AvgIpc) is 3.26. The Morgan fingerprint density at radius 1 is 0.204 bits per heavy atom. The third kappa shape index (κ3) is 5.98. The summed E-state index contributed by atoms with van der Waals surface area (Å²) in [6.07, 6.45) is 0. The predicted molar refractivity (Wildman–Crippen MR) is 225 cm³/mol. The fourth-order valence-electron chi connectivity index (χ4n) is 7.43. The van der Waals surface area contributed by atoms with Crippen LogP contribution in [0.3, 0.4) is 0 Å². The summed E-state index contributed by atoms with van der Waals surface area (Å²) in [6.45, 7) is 0. The van der Waals surface area contributed by atoms with E-state index in [4.69, 9.17) is 15.0 Å². The first-order valence-electron chi connectivity index (χ1n) is 18.3. The van der Waals surface area contributed by atoms with Crippen LogP contribution in [0.15, 0.2) is 200 Å². The minimum Gasteiger partial charge on any atom is -0.208 e. The number of hydrogen-bond donors (Lipinski definition) is 0. The molecule has 0 saturated carbocycles. The Morgan fingerprint density at radius 2 is 0.593 bits per heavy atom.